The monoisotopic (exact) mass is 468 g/mol. The molecule has 3 aromatic rings. The molecule has 7 nitrogen and oxygen atoms in total. The molecule has 1 fully saturated rings. The Bertz CT molecular complexity index is 1220. The summed E-state index contributed by atoms with van der Waals surface area (Å²) in [7, 11) is 1.89. The summed E-state index contributed by atoms with van der Waals surface area (Å²) >= 11 is 0. The van der Waals surface area contributed by atoms with E-state index in [1.165, 1.54) is 12.1 Å². The molecule has 0 bridgehead atoms. The third-order valence-corrected chi connectivity index (χ3v) is 5.94. The molecule has 0 saturated heterocycles. The lowest BCUT2D eigenvalue weighted by molar-refractivity contribution is -0.137. The van der Waals surface area contributed by atoms with Gasteiger partial charge in [-0.3, -0.25) is 5.01 Å². The number of fused-ring (bicyclic) bond motifs is 1. The minimum Gasteiger partial charge on any atom is -0.311 e. The highest BCUT2D eigenvalue weighted by Gasteiger charge is 2.33. The lowest BCUT2D eigenvalue weighted by Crippen LogP contribution is -2.34. The third kappa shape index (κ3) is 4.42. The summed E-state index contributed by atoms with van der Waals surface area (Å²) in [5.41, 5.74) is 13.4. The average molecular weight is 468 g/mol. The molecule has 1 aromatic heterocycles. The topological polar surface area (TPSA) is 95.3 Å². The van der Waals surface area contributed by atoms with Crippen LogP contribution in [0.15, 0.2) is 54.6 Å². The number of aromatic nitrogens is 1. The van der Waals surface area contributed by atoms with E-state index in [9.17, 15) is 18.0 Å². The number of carbonyl (C=O) groups excluding carboxylic acids is 1. The fourth-order valence-electron chi connectivity index (χ4n) is 4.05. The molecule has 2 aliphatic rings. The quantitative estimate of drug-likeness (QED) is 0.422. The van der Waals surface area contributed by atoms with E-state index in [0.29, 0.717) is 11.6 Å². The van der Waals surface area contributed by atoms with Crippen molar-refractivity contribution < 1.29 is 18.0 Å². The number of nitrogens with two attached hydrogens (primary N) is 1. The predicted molar refractivity (Wildman–Crippen MR) is 124 cm³/mol. The number of anilines is 3. The van der Waals surface area contributed by atoms with Crippen molar-refractivity contribution in [2.45, 2.75) is 31.1 Å². The number of hydrazine groups is 1. The highest BCUT2D eigenvalue weighted by Crippen LogP contribution is 2.44. The van der Waals surface area contributed by atoms with Crippen LogP contribution in [-0.4, -0.2) is 18.1 Å². The second kappa shape index (κ2) is 8.30. The zero-order chi connectivity index (χ0) is 24.0. The molecule has 1 aliphatic carbocycles. The van der Waals surface area contributed by atoms with Gasteiger partial charge >= 0.3 is 12.2 Å². The Morgan fingerprint density at radius 1 is 1.06 bits per heavy atom. The zero-order valence-electron chi connectivity index (χ0n) is 18.3. The van der Waals surface area contributed by atoms with E-state index in [-0.39, 0.29) is 11.9 Å². The second-order valence-electron chi connectivity index (χ2n) is 8.50. The molecule has 2 aromatic carbocycles. The molecule has 5 rings (SSSR count). The average Bonchev–Trinajstić information content (AvgIpc) is 3.60. The maximum absolute atomic E-state index is 12.7. The number of benzene rings is 2. The van der Waals surface area contributed by atoms with E-state index in [2.05, 4.69) is 22.1 Å². The molecule has 1 aliphatic heterocycles. The molecular formula is C24H23F3N6O. The van der Waals surface area contributed by atoms with E-state index in [1.54, 1.807) is 12.1 Å². The van der Waals surface area contributed by atoms with Gasteiger partial charge in [0.1, 0.15) is 12.0 Å². The Morgan fingerprint density at radius 3 is 2.21 bits per heavy atom. The number of pyridine rings is 1. The summed E-state index contributed by atoms with van der Waals surface area (Å²) in [6, 6.07) is 13.1. The number of carbonyl (C=O) groups is 1. The minimum atomic E-state index is -4.42. The van der Waals surface area contributed by atoms with Crippen molar-refractivity contribution in [1.82, 2.24) is 10.4 Å². The number of hydrogen-bond acceptors (Lipinski definition) is 5. The van der Waals surface area contributed by atoms with Crippen LogP contribution in [0, 0.1) is 0 Å². The van der Waals surface area contributed by atoms with Crippen LogP contribution in [0.2, 0.25) is 0 Å². The molecule has 1 saturated carbocycles. The van der Waals surface area contributed by atoms with Crippen molar-refractivity contribution in [2.75, 3.05) is 22.7 Å². The van der Waals surface area contributed by atoms with E-state index in [1.807, 2.05) is 24.2 Å². The summed E-state index contributed by atoms with van der Waals surface area (Å²) in [6.07, 6.45) is -2.54. The number of rotatable bonds is 4. The smallest absolute Gasteiger partial charge is 0.311 e. The Hall–Kier alpha value is -3.63. The minimum absolute atomic E-state index is 0.257. The molecular weight excluding hydrogens is 445 g/mol. The summed E-state index contributed by atoms with van der Waals surface area (Å²) in [4.78, 5) is 17.1. The first-order chi connectivity index (χ1) is 16.2. The highest BCUT2D eigenvalue weighted by molar-refractivity contribution is 5.99. The number of nitrogens with one attached hydrogen (secondary N) is 3. The van der Waals surface area contributed by atoms with Gasteiger partial charge in [-0.15, -0.1) is 0 Å². The van der Waals surface area contributed by atoms with Crippen LogP contribution in [0.4, 0.5) is 35.2 Å². The predicted octanol–water partition coefficient (Wildman–Crippen LogP) is 5.20. The number of amides is 2. The largest absolute Gasteiger partial charge is 0.416 e. The zero-order valence-corrected chi connectivity index (χ0v) is 18.3. The Labute approximate surface area is 194 Å². The van der Waals surface area contributed by atoms with Crippen molar-refractivity contribution in [3.05, 3.63) is 71.4 Å². The van der Waals surface area contributed by atoms with Gasteiger partial charge in [-0.2, -0.15) is 13.2 Å². The van der Waals surface area contributed by atoms with Gasteiger partial charge in [-0.25, -0.2) is 15.2 Å². The molecule has 34 heavy (non-hydrogen) atoms. The molecule has 5 N–H and O–H groups in total. The van der Waals surface area contributed by atoms with E-state index in [0.717, 1.165) is 53.2 Å². The van der Waals surface area contributed by atoms with Crippen LogP contribution in [0.25, 0.3) is 11.1 Å². The lowest BCUT2D eigenvalue weighted by Gasteiger charge is -2.14. The van der Waals surface area contributed by atoms with Crippen LogP contribution < -0.4 is 26.8 Å². The second-order valence-corrected chi connectivity index (χ2v) is 8.50. The molecule has 2 heterocycles. The van der Waals surface area contributed by atoms with Crippen molar-refractivity contribution in [1.29, 1.82) is 0 Å². The van der Waals surface area contributed by atoms with Gasteiger partial charge in [0, 0.05) is 35.6 Å². The van der Waals surface area contributed by atoms with E-state index < -0.39 is 17.8 Å². The van der Waals surface area contributed by atoms with Crippen LogP contribution in [0.5, 0.6) is 0 Å². The van der Waals surface area contributed by atoms with Crippen molar-refractivity contribution in [3.8, 4) is 11.1 Å². The molecule has 1 atom stereocenters. The molecule has 1 unspecified atom stereocenters. The van der Waals surface area contributed by atoms with Crippen LogP contribution in [0.1, 0.15) is 41.7 Å². The molecule has 0 spiro atoms. The van der Waals surface area contributed by atoms with E-state index in [4.69, 9.17) is 10.7 Å². The number of hydrogen-bond donors (Lipinski definition) is 4. The Morgan fingerprint density at radius 2 is 1.65 bits per heavy atom. The van der Waals surface area contributed by atoms with Gasteiger partial charge in [0.05, 0.1) is 5.56 Å². The third-order valence-electron chi connectivity index (χ3n) is 5.94. The van der Waals surface area contributed by atoms with Gasteiger partial charge in [0.2, 0.25) is 0 Å². The molecule has 0 radical (unpaired) electrons. The number of urea groups is 1. The number of nitrogens with zero attached hydrogens (tertiary/aromatic N) is 2. The van der Waals surface area contributed by atoms with Gasteiger partial charge in [0.25, 0.3) is 0 Å². The molecule has 176 valence electrons. The fraction of sp³-hybridized carbons (Fsp3) is 0.250. The molecule has 2 amide bonds. The first-order valence-electron chi connectivity index (χ1n) is 10.8. The first-order valence-corrected chi connectivity index (χ1v) is 10.8. The summed E-state index contributed by atoms with van der Waals surface area (Å²) in [6.45, 7) is 0. The maximum Gasteiger partial charge on any atom is 0.416 e. The standard InChI is InChI=1S/C24H23F3N6O/c1-33-22-20(21(28)32-33)18(12-19(31-22)14-2-3-14)13-4-8-16(9-5-13)29-23(34)30-17-10-6-15(7-11-17)24(25,26)27/h4-12,14,21,32H,2-3,28H2,1H3,(H2,29,30,34). The van der Waals surface area contributed by atoms with Gasteiger partial charge < -0.3 is 16.4 Å². The molecule has 10 heteroatoms. The van der Waals surface area contributed by atoms with Crippen molar-refractivity contribution in [3.63, 3.8) is 0 Å². The Balaban J connectivity index is 1.32. The summed E-state index contributed by atoms with van der Waals surface area (Å²) in [5.74, 6) is 1.30. The van der Waals surface area contributed by atoms with Crippen molar-refractivity contribution >= 4 is 23.2 Å². The first kappa shape index (κ1) is 22.2. The maximum atomic E-state index is 12.7. The number of halogens is 3. The highest BCUT2D eigenvalue weighted by atomic mass is 19.4. The van der Waals surface area contributed by atoms with Crippen LogP contribution >= 0.6 is 0 Å². The van der Waals surface area contributed by atoms with Gasteiger partial charge in [-0.1, -0.05) is 12.1 Å². The van der Waals surface area contributed by atoms with Gasteiger partial charge in [-0.05, 0) is 66.4 Å². The van der Waals surface area contributed by atoms with Crippen LogP contribution in [-0.2, 0) is 6.18 Å². The fourth-order valence-corrected chi connectivity index (χ4v) is 4.05. The SMILES string of the molecule is CN1NC(N)c2c(-c3ccc(NC(=O)Nc4ccc(C(F)(F)F)cc4)cc3)cc(C3CC3)nc21. The normalized spacial score (nSPS) is 17.4. The Kier molecular flexibility index (Phi) is 5.41. The summed E-state index contributed by atoms with van der Waals surface area (Å²) in [5, 5.41) is 7.07. The summed E-state index contributed by atoms with van der Waals surface area (Å²) < 4.78 is 38.1. The van der Waals surface area contributed by atoms with E-state index >= 15 is 0 Å². The van der Waals surface area contributed by atoms with Crippen molar-refractivity contribution in [2.24, 2.45) is 5.73 Å². The van der Waals surface area contributed by atoms with Crippen LogP contribution in [0.3, 0.4) is 0 Å². The number of alkyl halides is 3. The lowest BCUT2D eigenvalue weighted by atomic mass is 9.97. The van der Waals surface area contributed by atoms with Gasteiger partial charge in [0.15, 0.2) is 0 Å².